The first kappa shape index (κ1) is 9.68. The predicted octanol–water partition coefficient (Wildman–Crippen LogP) is 2.62. The van der Waals surface area contributed by atoms with E-state index in [4.69, 9.17) is 4.74 Å². The minimum absolute atomic E-state index is 0.123. The van der Waals surface area contributed by atoms with Crippen LogP contribution in [0.25, 0.3) is 0 Å². The van der Waals surface area contributed by atoms with Crippen molar-refractivity contribution in [1.82, 2.24) is 0 Å². The molecule has 0 spiro atoms. The van der Waals surface area contributed by atoms with Gasteiger partial charge in [0.2, 0.25) is 0 Å². The second kappa shape index (κ2) is 3.23. The van der Waals surface area contributed by atoms with Crippen molar-refractivity contribution in [3.63, 3.8) is 0 Å². The lowest BCUT2D eigenvalue weighted by molar-refractivity contribution is -0.144. The zero-order valence-electron chi connectivity index (χ0n) is 9.61. The maximum atomic E-state index is 11.8. The summed E-state index contributed by atoms with van der Waals surface area (Å²) in [6.45, 7) is 4.51. The van der Waals surface area contributed by atoms with Crippen LogP contribution >= 0.6 is 0 Å². The van der Waals surface area contributed by atoms with Crippen LogP contribution in [0.15, 0.2) is 0 Å². The van der Waals surface area contributed by atoms with Crippen molar-refractivity contribution in [1.29, 1.82) is 0 Å². The van der Waals surface area contributed by atoms with Crippen LogP contribution < -0.4 is 0 Å². The Bertz CT molecular complexity index is 286. The Kier molecular flexibility index (Phi) is 2.08. The summed E-state index contributed by atoms with van der Waals surface area (Å²) < 4.78 is 5.52. The summed E-state index contributed by atoms with van der Waals surface area (Å²) in [5.74, 6) is 3.04. The second-order valence-corrected chi connectivity index (χ2v) is 5.66. The SMILES string of the molecule is CCCCC1C2CC3C(OC(=O)C13)C2C. The predicted molar refractivity (Wildman–Crippen MR) is 57.1 cm³/mol. The largest absolute Gasteiger partial charge is 0.462 e. The third-order valence-electron chi connectivity index (χ3n) is 5.05. The van der Waals surface area contributed by atoms with Gasteiger partial charge < -0.3 is 4.74 Å². The van der Waals surface area contributed by atoms with Gasteiger partial charge in [-0.3, -0.25) is 4.79 Å². The molecule has 15 heavy (non-hydrogen) atoms. The summed E-state index contributed by atoms with van der Waals surface area (Å²) in [6.07, 6.45) is 5.30. The zero-order valence-corrected chi connectivity index (χ0v) is 9.61. The molecule has 0 radical (unpaired) electrons. The lowest BCUT2D eigenvalue weighted by Gasteiger charge is -2.29. The maximum absolute atomic E-state index is 11.8. The number of rotatable bonds is 3. The van der Waals surface area contributed by atoms with E-state index >= 15 is 0 Å². The Morgan fingerprint density at radius 2 is 2.20 bits per heavy atom. The van der Waals surface area contributed by atoms with E-state index in [0.29, 0.717) is 17.8 Å². The van der Waals surface area contributed by atoms with Gasteiger partial charge in [-0.15, -0.1) is 0 Å². The molecule has 2 nitrogen and oxygen atoms in total. The van der Waals surface area contributed by atoms with Crippen LogP contribution in [0.2, 0.25) is 0 Å². The lowest BCUT2D eigenvalue weighted by atomic mass is 9.73. The van der Waals surface area contributed by atoms with Crippen molar-refractivity contribution >= 4 is 5.97 Å². The molecule has 2 bridgehead atoms. The Labute approximate surface area is 91.4 Å². The Hall–Kier alpha value is -0.530. The number of hydrogen-bond acceptors (Lipinski definition) is 2. The average molecular weight is 208 g/mol. The Morgan fingerprint density at radius 3 is 2.93 bits per heavy atom. The van der Waals surface area contributed by atoms with Crippen molar-refractivity contribution in [2.75, 3.05) is 0 Å². The van der Waals surface area contributed by atoms with E-state index in [2.05, 4.69) is 13.8 Å². The van der Waals surface area contributed by atoms with Crippen molar-refractivity contribution in [3.05, 3.63) is 0 Å². The highest BCUT2D eigenvalue weighted by Crippen LogP contribution is 2.61. The third-order valence-corrected chi connectivity index (χ3v) is 5.05. The summed E-state index contributed by atoms with van der Waals surface area (Å²) in [4.78, 5) is 11.8. The first-order chi connectivity index (χ1) is 7.24. The number of fused-ring (bicyclic) bond motifs is 1. The standard InChI is InChI=1S/C13H20O2/c1-3-4-5-8-9-6-10-11(8)13(14)15-12(10)7(9)2/h7-12H,3-6H2,1-2H3. The highest BCUT2D eigenvalue weighted by atomic mass is 16.6. The number of carbonyl (C=O) groups excluding carboxylic acids is 1. The Morgan fingerprint density at radius 1 is 1.40 bits per heavy atom. The van der Waals surface area contributed by atoms with Gasteiger partial charge in [0.1, 0.15) is 6.10 Å². The first-order valence-corrected chi connectivity index (χ1v) is 6.44. The van der Waals surface area contributed by atoms with Gasteiger partial charge in [0, 0.05) is 5.92 Å². The molecular formula is C13H20O2. The van der Waals surface area contributed by atoms with Crippen LogP contribution in [0.4, 0.5) is 0 Å². The molecule has 84 valence electrons. The van der Waals surface area contributed by atoms with E-state index in [9.17, 15) is 4.79 Å². The van der Waals surface area contributed by atoms with E-state index in [1.807, 2.05) is 0 Å². The van der Waals surface area contributed by atoms with Gasteiger partial charge in [0.05, 0.1) is 5.92 Å². The highest BCUT2D eigenvalue weighted by Gasteiger charge is 2.64. The molecule has 3 fully saturated rings. The van der Waals surface area contributed by atoms with Gasteiger partial charge in [0.25, 0.3) is 0 Å². The second-order valence-electron chi connectivity index (χ2n) is 5.66. The molecule has 6 atom stereocenters. The van der Waals surface area contributed by atoms with Crippen LogP contribution in [0.5, 0.6) is 0 Å². The summed E-state index contributed by atoms with van der Waals surface area (Å²) in [5.41, 5.74) is 0. The van der Waals surface area contributed by atoms with E-state index in [1.54, 1.807) is 0 Å². The molecule has 3 aliphatic rings. The Balaban J connectivity index is 1.82. The van der Waals surface area contributed by atoms with Crippen molar-refractivity contribution in [2.24, 2.45) is 29.6 Å². The van der Waals surface area contributed by atoms with Crippen LogP contribution in [-0.4, -0.2) is 12.1 Å². The number of hydrogen-bond donors (Lipinski definition) is 0. The van der Waals surface area contributed by atoms with Crippen molar-refractivity contribution in [2.45, 2.75) is 45.6 Å². The smallest absolute Gasteiger partial charge is 0.309 e. The van der Waals surface area contributed by atoms with E-state index in [1.165, 1.54) is 25.7 Å². The van der Waals surface area contributed by atoms with Crippen molar-refractivity contribution in [3.8, 4) is 0 Å². The molecule has 2 aliphatic carbocycles. The van der Waals surface area contributed by atoms with Gasteiger partial charge in [-0.25, -0.2) is 0 Å². The fraction of sp³-hybridized carbons (Fsp3) is 0.923. The number of ether oxygens (including phenoxy) is 1. The molecule has 6 unspecified atom stereocenters. The molecule has 0 aromatic heterocycles. The minimum atomic E-state index is 0.123. The van der Waals surface area contributed by atoms with Gasteiger partial charge in [-0.05, 0) is 30.6 Å². The fourth-order valence-corrected chi connectivity index (χ4v) is 4.39. The van der Waals surface area contributed by atoms with E-state index in [-0.39, 0.29) is 18.0 Å². The quantitative estimate of drug-likeness (QED) is 0.666. The monoisotopic (exact) mass is 208 g/mol. The highest BCUT2D eigenvalue weighted by molar-refractivity contribution is 5.77. The van der Waals surface area contributed by atoms with Gasteiger partial charge in [-0.1, -0.05) is 26.7 Å². The normalized spacial score (nSPS) is 51.2. The molecule has 3 rings (SSSR count). The molecule has 1 heterocycles. The zero-order chi connectivity index (χ0) is 10.6. The summed E-state index contributed by atoms with van der Waals surface area (Å²) in [7, 11) is 0. The van der Waals surface area contributed by atoms with Gasteiger partial charge in [0.15, 0.2) is 0 Å². The molecule has 2 saturated carbocycles. The van der Waals surface area contributed by atoms with Crippen LogP contribution in [0.1, 0.15) is 39.5 Å². The van der Waals surface area contributed by atoms with Gasteiger partial charge >= 0.3 is 5.97 Å². The number of carbonyl (C=O) groups is 1. The van der Waals surface area contributed by atoms with E-state index < -0.39 is 0 Å². The topological polar surface area (TPSA) is 26.3 Å². The molecule has 2 heteroatoms. The molecule has 0 N–H and O–H groups in total. The van der Waals surface area contributed by atoms with Gasteiger partial charge in [-0.2, -0.15) is 0 Å². The minimum Gasteiger partial charge on any atom is -0.462 e. The molecule has 0 aromatic rings. The van der Waals surface area contributed by atoms with Crippen LogP contribution in [0.3, 0.4) is 0 Å². The van der Waals surface area contributed by atoms with E-state index in [0.717, 1.165) is 5.92 Å². The molecule has 1 saturated heterocycles. The maximum Gasteiger partial charge on any atom is 0.309 e. The average Bonchev–Trinajstić information content (AvgIpc) is 2.79. The molecule has 0 aromatic carbocycles. The summed E-state index contributed by atoms with van der Waals surface area (Å²) >= 11 is 0. The van der Waals surface area contributed by atoms with Crippen LogP contribution in [-0.2, 0) is 9.53 Å². The summed E-state index contributed by atoms with van der Waals surface area (Å²) in [6, 6.07) is 0. The first-order valence-electron chi connectivity index (χ1n) is 6.44. The number of unbranched alkanes of at least 4 members (excludes halogenated alkanes) is 1. The van der Waals surface area contributed by atoms with Crippen molar-refractivity contribution < 1.29 is 9.53 Å². The lowest BCUT2D eigenvalue weighted by Crippen LogP contribution is -2.31. The fourth-order valence-electron chi connectivity index (χ4n) is 4.39. The molecule has 0 amide bonds. The third kappa shape index (κ3) is 1.14. The van der Waals surface area contributed by atoms with Crippen LogP contribution in [0, 0.1) is 29.6 Å². The summed E-state index contributed by atoms with van der Waals surface area (Å²) in [5, 5.41) is 0. The molecule has 1 aliphatic heterocycles. The molecular weight excluding hydrogens is 188 g/mol. The number of esters is 1.